The van der Waals surface area contributed by atoms with Crippen LogP contribution < -0.4 is 15.2 Å². The predicted octanol–water partition coefficient (Wildman–Crippen LogP) is 1.53. The van der Waals surface area contributed by atoms with E-state index in [2.05, 4.69) is 19.5 Å². The van der Waals surface area contributed by atoms with Gasteiger partial charge in [-0.15, -0.1) is 0 Å². The summed E-state index contributed by atoms with van der Waals surface area (Å²) in [4.78, 5) is 23.2. The van der Waals surface area contributed by atoms with Crippen LogP contribution in [0.15, 0.2) is 46.2 Å². The molecule has 2 aromatic rings. The van der Waals surface area contributed by atoms with Crippen molar-refractivity contribution in [3.63, 3.8) is 0 Å². The number of esters is 2. The number of carbonyl (C=O) groups is 2. The third-order valence-corrected chi connectivity index (χ3v) is 6.44. The zero-order valence-corrected chi connectivity index (χ0v) is 19.2. The van der Waals surface area contributed by atoms with Crippen LogP contribution in [-0.2, 0) is 29.5 Å². The summed E-state index contributed by atoms with van der Waals surface area (Å²) in [5, 5.41) is 8.14. The summed E-state index contributed by atoms with van der Waals surface area (Å²) < 4.78 is 61.1. The second-order valence-corrected chi connectivity index (χ2v) is 9.76. The van der Waals surface area contributed by atoms with Crippen LogP contribution in [0.1, 0.15) is 34.1 Å². The molecule has 0 spiro atoms. The number of rotatable bonds is 9. The van der Waals surface area contributed by atoms with Crippen molar-refractivity contribution in [1.29, 1.82) is 0 Å². The number of benzene rings is 2. The molecular weight excluding hydrogens is 462 g/mol. The van der Waals surface area contributed by atoms with Crippen LogP contribution >= 0.6 is 0 Å². The molecule has 0 bridgehead atoms. The molecule has 0 aromatic heterocycles. The first-order valence-electron chi connectivity index (χ1n) is 9.18. The van der Waals surface area contributed by atoms with Crippen molar-refractivity contribution in [3.05, 3.63) is 47.5 Å². The first kappa shape index (κ1) is 25.1. The summed E-state index contributed by atoms with van der Waals surface area (Å²) in [5.41, 5.74) is -0.176. The first-order valence-corrected chi connectivity index (χ1v) is 12.2. The van der Waals surface area contributed by atoms with Gasteiger partial charge in [-0.3, -0.25) is 4.72 Å². The minimum atomic E-state index is -4.39. The fourth-order valence-electron chi connectivity index (χ4n) is 2.63. The number of primary sulfonamides is 1. The number of hydrogen-bond acceptors (Lipinski definition) is 9. The van der Waals surface area contributed by atoms with Crippen LogP contribution in [0, 0.1) is 0 Å². The lowest BCUT2D eigenvalue weighted by Crippen LogP contribution is -2.18. The number of ether oxygens (including phenoxy) is 2. The number of sulfonamides is 2. The summed E-state index contributed by atoms with van der Waals surface area (Å²) >= 11 is 0. The standard InChI is InChI=1S/C19H23N3O8S2/c1-4-7-21-16-6-5-14(31(20,25)26)11-17(16)22-32(27,28)15-9-12(18(23)29-2)8-13(10-15)19(24)30-3/h5-6,8-11,21-22H,4,7H2,1-3H3,(H2,20,25,26). The van der Waals surface area contributed by atoms with Gasteiger partial charge < -0.3 is 14.8 Å². The monoisotopic (exact) mass is 485 g/mol. The topological polar surface area (TPSA) is 171 Å². The third-order valence-electron chi connectivity index (χ3n) is 4.19. The number of nitrogens with one attached hydrogen (secondary N) is 2. The van der Waals surface area contributed by atoms with Crippen molar-refractivity contribution >= 4 is 43.4 Å². The highest BCUT2D eigenvalue weighted by Gasteiger charge is 2.23. The lowest BCUT2D eigenvalue weighted by molar-refractivity contribution is 0.0598. The number of methoxy groups -OCH3 is 2. The van der Waals surface area contributed by atoms with Crippen LogP contribution in [0.5, 0.6) is 0 Å². The smallest absolute Gasteiger partial charge is 0.337 e. The Morgan fingerprint density at radius 1 is 0.875 bits per heavy atom. The summed E-state index contributed by atoms with van der Waals surface area (Å²) in [5.74, 6) is -1.73. The maximum atomic E-state index is 13.1. The van der Waals surface area contributed by atoms with Gasteiger partial charge in [0.25, 0.3) is 10.0 Å². The van der Waals surface area contributed by atoms with E-state index in [0.29, 0.717) is 18.7 Å². The third kappa shape index (κ3) is 5.96. The zero-order chi connectivity index (χ0) is 24.1. The molecule has 0 unspecified atom stereocenters. The van der Waals surface area contributed by atoms with Gasteiger partial charge in [0.15, 0.2) is 0 Å². The van der Waals surface area contributed by atoms with Crippen molar-refractivity contribution in [1.82, 2.24) is 0 Å². The summed E-state index contributed by atoms with van der Waals surface area (Å²) in [7, 11) is -6.30. The highest BCUT2D eigenvalue weighted by Crippen LogP contribution is 2.28. The summed E-state index contributed by atoms with van der Waals surface area (Å²) in [6.45, 7) is 2.37. The van der Waals surface area contributed by atoms with Crippen LogP contribution in [0.2, 0.25) is 0 Å². The van der Waals surface area contributed by atoms with E-state index in [1.807, 2.05) is 6.92 Å². The van der Waals surface area contributed by atoms with Gasteiger partial charge in [-0.25, -0.2) is 31.6 Å². The predicted molar refractivity (Wildman–Crippen MR) is 117 cm³/mol. The van der Waals surface area contributed by atoms with E-state index in [0.717, 1.165) is 38.5 Å². The van der Waals surface area contributed by atoms with Crippen molar-refractivity contribution in [2.45, 2.75) is 23.1 Å². The second kappa shape index (κ2) is 9.97. The van der Waals surface area contributed by atoms with Gasteiger partial charge in [-0.1, -0.05) is 6.92 Å². The molecule has 2 aromatic carbocycles. The minimum Gasteiger partial charge on any atom is -0.465 e. The van der Waals surface area contributed by atoms with Crippen LogP contribution in [0.4, 0.5) is 11.4 Å². The Kier molecular flexibility index (Phi) is 7.83. The van der Waals surface area contributed by atoms with E-state index in [-0.39, 0.29) is 21.7 Å². The van der Waals surface area contributed by atoms with Gasteiger partial charge in [0.2, 0.25) is 10.0 Å². The van der Waals surface area contributed by atoms with Gasteiger partial charge in [0.1, 0.15) is 0 Å². The molecule has 32 heavy (non-hydrogen) atoms. The largest absolute Gasteiger partial charge is 0.465 e. The van der Waals surface area contributed by atoms with Gasteiger partial charge in [-0.2, -0.15) is 0 Å². The molecule has 11 nitrogen and oxygen atoms in total. The zero-order valence-electron chi connectivity index (χ0n) is 17.5. The van der Waals surface area contributed by atoms with Crippen LogP contribution in [0.25, 0.3) is 0 Å². The lowest BCUT2D eigenvalue weighted by atomic mass is 10.1. The summed E-state index contributed by atoms with van der Waals surface area (Å²) in [6, 6.07) is 6.84. The maximum Gasteiger partial charge on any atom is 0.337 e. The molecule has 0 atom stereocenters. The molecule has 2 rings (SSSR count). The quantitative estimate of drug-likeness (QED) is 0.445. The van der Waals surface area contributed by atoms with Crippen molar-refractivity contribution in [3.8, 4) is 0 Å². The molecule has 0 heterocycles. The van der Waals surface area contributed by atoms with E-state index >= 15 is 0 Å². The molecule has 0 saturated heterocycles. The number of hydrogen-bond donors (Lipinski definition) is 3. The molecule has 174 valence electrons. The molecule has 0 aliphatic rings. The molecule has 0 saturated carbocycles. The Labute approximate surface area is 186 Å². The summed E-state index contributed by atoms with van der Waals surface area (Å²) in [6.07, 6.45) is 0.715. The fourth-order valence-corrected chi connectivity index (χ4v) is 4.31. The van der Waals surface area contributed by atoms with Gasteiger partial charge in [-0.05, 0) is 42.8 Å². The Morgan fingerprint density at radius 2 is 1.44 bits per heavy atom. The number of carbonyl (C=O) groups excluding carboxylic acids is 2. The molecule has 0 radical (unpaired) electrons. The molecule has 0 fully saturated rings. The van der Waals surface area contributed by atoms with Gasteiger partial charge >= 0.3 is 11.9 Å². The van der Waals surface area contributed by atoms with Crippen molar-refractivity contribution in [2.24, 2.45) is 5.14 Å². The second-order valence-electron chi connectivity index (χ2n) is 6.51. The molecule has 0 aliphatic carbocycles. The Balaban J connectivity index is 2.61. The molecule has 13 heteroatoms. The highest BCUT2D eigenvalue weighted by atomic mass is 32.2. The number of nitrogens with two attached hydrogens (primary N) is 1. The Morgan fingerprint density at radius 3 is 1.91 bits per heavy atom. The molecule has 0 aliphatic heterocycles. The minimum absolute atomic E-state index is 0.0898. The fraction of sp³-hybridized carbons (Fsp3) is 0.263. The van der Waals surface area contributed by atoms with E-state index < -0.39 is 36.9 Å². The van der Waals surface area contributed by atoms with Crippen LogP contribution in [0.3, 0.4) is 0 Å². The highest BCUT2D eigenvalue weighted by molar-refractivity contribution is 7.92. The molecular formula is C19H23N3O8S2. The SMILES string of the molecule is CCCNc1ccc(S(N)(=O)=O)cc1NS(=O)(=O)c1cc(C(=O)OC)cc(C(=O)OC)c1. The maximum absolute atomic E-state index is 13.1. The van der Waals surface area contributed by atoms with E-state index in [4.69, 9.17) is 5.14 Å². The van der Waals surface area contributed by atoms with Gasteiger partial charge in [0.05, 0.1) is 46.5 Å². The Bertz CT molecular complexity index is 1210. The van der Waals surface area contributed by atoms with E-state index in [1.165, 1.54) is 12.1 Å². The average molecular weight is 486 g/mol. The van der Waals surface area contributed by atoms with Crippen molar-refractivity contribution < 1.29 is 35.9 Å². The van der Waals surface area contributed by atoms with E-state index in [1.54, 1.807) is 0 Å². The lowest BCUT2D eigenvalue weighted by Gasteiger charge is -2.16. The normalized spacial score (nSPS) is 11.5. The van der Waals surface area contributed by atoms with Crippen LogP contribution in [-0.4, -0.2) is 49.5 Å². The number of anilines is 2. The van der Waals surface area contributed by atoms with Crippen molar-refractivity contribution in [2.75, 3.05) is 30.8 Å². The van der Waals surface area contributed by atoms with E-state index in [9.17, 15) is 26.4 Å². The first-order chi connectivity index (χ1) is 14.9. The van der Waals surface area contributed by atoms with Gasteiger partial charge in [0, 0.05) is 6.54 Å². The average Bonchev–Trinajstić information content (AvgIpc) is 2.75. The Hall–Kier alpha value is -3.16. The molecule has 0 amide bonds. The molecule has 4 N–H and O–H groups in total.